The Bertz CT molecular complexity index is 1450. The number of fused-ring (bicyclic) bond motifs is 1. The molecule has 0 aromatic heterocycles. The monoisotopic (exact) mass is 470 g/mol. The van der Waals surface area contributed by atoms with Crippen LogP contribution in [-0.4, -0.2) is 11.7 Å². The van der Waals surface area contributed by atoms with E-state index in [4.69, 9.17) is 0 Å². The average molecular weight is 471 g/mol. The van der Waals surface area contributed by atoms with Gasteiger partial charge in [-0.1, -0.05) is 91.0 Å². The molecule has 1 heterocycles. The molecule has 0 saturated carbocycles. The van der Waals surface area contributed by atoms with Gasteiger partial charge in [0.25, 0.3) is 5.91 Å². The molecule has 2 atom stereocenters. The average Bonchev–Trinajstić information content (AvgIpc) is 3.09. The molecule has 4 aromatic carbocycles. The fourth-order valence-corrected chi connectivity index (χ4v) is 5.45. The van der Waals surface area contributed by atoms with Crippen molar-refractivity contribution in [1.82, 2.24) is 0 Å². The third kappa shape index (κ3) is 3.91. The summed E-state index contributed by atoms with van der Waals surface area (Å²) in [5, 5.41) is 3.59. The molecule has 0 bridgehead atoms. The SMILES string of the molecule is O=C1C[C@H](c2ccccc2)CC2=C1[C@H](c1ccccc1)N(C(=O)c1ccccc1)c1ccccc1N2. The number of hydrogen-bond acceptors (Lipinski definition) is 3. The van der Waals surface area contributed by atoms with E-state index in [1.54, 1.807) is 4.90 Å². The fraction of sp³-hybridized carbons (Fsp3) is 0.125. The van der Waals surface area contributed by atoms with Crippen LogP contribution in [0.15, 0.2) is 127 Å². The maximum atomic E-state index is 14.1. The van der Waals surface area contributed by atoms with Crippen molar-refractivity contribution >= 4 is 23.1 Å². The summed E-state index contributed by atoms with van der Waals surface area (Å²) in [5.41, 5.74) is 5.82. The zero-order valence-electron chi connectivity index (χ0n) is 19.8. The number of rotatable bonds is 3. The number of carbonyl (C=O) groups is 2. The summed E-state index contributed by atoms with van der Waals surface area (Å²) < 4.78 is 0. The smallest absolute Gasteiger partial charge is 0.259 e. The number of benzene rings is 4. The fourth-order valence-electron chi connectivity index (χ4n) is 5.45. The van der Waals surface area contributed by atoms with Crippen molar-refractivity contribution in [2.24, 2.45) is 0 Å². The summed E-state index contributed by atoms with van der Waals surface area (Å²) in [6.07, 6.45) is 1.12. The van der Waals surface area contributed by atoms with Crippen molar-refractivity contribution < 1.29 is 9.59 Å². The lowest BCUT2D eigenvalue weighted by Gasteiger charge is -2.35. The minimum Gasteiger partial charge on any atom is -0.357 e. The van der Waals surface area contributed by atoms with E-state index in [1.807, 2.05) is 103 Å². The third-order valence-electron chi connectivity index (χ3n) is 7.11. The molecule has 4 aromatic rings. The normalized spacial score (nSPS) is 19.1. The van der Waals surface area contributed by atoms with Crippen LogP contribution in [0.4, 0.5) is 11.4 Å². The summed E-state index contributed by atoms with van der Waals surface area (Å²) in [6.45, 7) is 0. The van der Waals surface area contributed by atoms with Gasteiger partial charge in [0.05, 0.1) is 17.4 Å². The number of para-hydroxylation sites is 2. The van der Waals surface area contributed by atoms with Gasteiger partial charge in [-0.2, -0.15) is 0 Å². The molecule has 0 fully saturated rings. The minimum atomic E-state index is -0.533. The van der Waals surface area contributed by atoms with Crippen molar-refractivity contribution in [3.8, 4) is 0 Å². The van der Waals surface area contributed by atoms with Gasteiger partial charge in [0.1, 0.15) is 0 Å². The number of carbonyl (C=O) groups excluding carboxylic acids is 2. The molecule has 2 aliphatic rings. The van der Waals surface area contributed by atoms with E-state index in [-0.39, 0.29) is 17.6 Å². The Kier molecular flexibility index (Phi) is 5.70. The number of hydrogen-bond donors (Lipinski definition) is 1. The van der Waals surface area contributed by atoms with E-state index in [2.05, 4.69) is 17.4 Å². The number of allylic oxidation sites excluding steroid dienone is 1. The molecule has 0 radical (unpaired) electrons. The van der Waals surface area contributed by atoms with Crippen LogP contribution >= 0.6 is 0 Å². The molecular weight excluding hydrogens is 444 g/mol. The van der Waals surface area contributed by atoms with E-state index in [0.717, 1.165) is 28.2 Å². The molecule has 4 heteroatoms. The van der Waals surface area contributed by atoms with Gasteiger partial charge >= 0.3 is 0 Å². The number of amides is 1. The molecule has 0 unspecified atom stereocenters. The van der Waals surface area contributed by atoms with Crippen molar-refractivity contribution in [3.63, 3.8) is 0 Å². The van der Waals surface area contributed by atoms with Gasteiger partial charge in [-0.25, -0.2) is 0 Å². The Morgan fingerprint density at radius 3 is 1.97 bits per heavy atom. The molecule has 1 amide bonds. The van der Waals surface area contributed by atoms with Crippen LogP contribution in [0.2, 0.25) is 0 Å². The lowest BCUT2D eigenvalue weighted by atomic mass is 9.78. The second kappa shape index (κ2) is 9.31. The molecule has 0 saturated heterocycles. The first kappa shape index (κ1) is 22.1. The zero-order valence-corrected chi connectivity index (χ0v) is 19.8. The first-order chi connectivity index (χ1) is 17.7. The van der Waals surface area contributed by atoms with Crippen LogP contribution in [0, 0.1) is 0 Å². The van der Waals surface area contributed by atoms with Crippen molar-refractivity contribution in [2.45, 2.75) is 24.8 Å². The molecule has 0 spiro atoms. The van der Waals surface area contributed by atoms with Crippen LogP contribution in [0.3, 0.4) is 0 Å². The summed E-state index contributed by atoms with van der Waals surface area (Å²) in [7, 11) is 0. The van der Waals surface area contributed by atoms with Gasteiger partial charge in [-0.3, -0.25) is 14.5 Å². The number of nitrogens with zero attached hydrogens (tertiary/aromatic N) is 1. The molecule has 36 heavy (non-hydrogen) atoms. The summed E-state index contributed by atoms with van der Waals surface area (Å²) >= 11 is 0. The van der Waals surface area contributed by atoms with Crippen LogP contribution in [0.5, 0.6) is 0 Å². The van der Waals surface area contributed by atoms with E-state index in [1.165, 1.54) is 0 Å². The van der Waals surface area contributed by atoms with Crippen LogP contribution in [0.25, 0.3) is 0 Å². The molecule has 1 N–H and O–H groups in total. The lowest BCUT2D eigenvalue weighted by molar-refractivity contribution is -0.116. The van der Waals surface area contributed by atoms with Crippen molar-refractivity contribution in [1.29, 1.82) is 0 Å². The van der Waals surface area contributed by atoms with E-state index >= 15 is 0 Å². The maximum absolute atomic E-state index is 14.1. The second-order valence-corrected chi connectivity index (χ2v) is 9.33. The summed E-state index contributed by atoms with van der Waals surface area (Å²) in [5.74, 6) is 0.0282. The third-order valence-corrected chi connectivity index (χ3v) is 7.11. The van der Waals surface area contributed by atoms with Gasteiger partial charge in [-0.15, -0.1) is 0 Å². The quantitative estimate of drug-likeness (QED) is 0.354. The second-order valence-electron chi connectivity index (χ2n) is 9.33. The van der Waals surface area contributed by atoms with Crippen LogP contribution in [-0.2, 0) is 4.79 Å². The van der Waals surface area contributed by atoms with E-state index in [0.29, 0.717) is 24.0 Å². The molecule has 1 aliphatic heterocycles. The van der Waals surface area contributed by atoms with Gasteiger partial charge in [-0.05, 0) is 47.7 Å². The topological polar surface area (TPSA) is 49.4 Å². The molecule has 176 valence electrons. The van der Waals surface area contributed by atoms with Gasteiger partial charge in [0, 0.05) is 23.3 Å². The number of ketones is 1. The molecule has 4 nitrogen and oxygen atoms in total. The predicted molar refractivity (Wildman–Crippen MR) is 143 cm³/mol. The number of Topliss-reactive ketones (excluding diaryl/α,β-unsaturated/α-hetero) is 1. The lowest BCUT2D eigenvalue weighted by Crippen LogP contribution is -2.38. The zero-order chi connectivity index (χ0) is 24.5. The molecular formula is C32H26N2O2. The Hall–Kier alpha value is -4.44. The minimum absolute atomic E-state index is 0.0742. The van der Waals surface area contributed by atoms with Gasteiger partial charge in [0.2, 0.25) is 0 Å². The van der Waals surface area contributed by atoms with Gasteiger partial charge < -0.3 is 5.32 Å². The molecule has 6 rings (SSSR count). The highest BCUT2D eigenvalue weighted by Gasteiger charge is 2.41. The number of nitrogens with one attached hydrogen (secondary N) is 1. The first-order valence-corrected chi connectivity index (χ1v) is 12.3. The first-order valence-electron chi connectivity index (χ1n) is 12.3. The highest BCUT2D eigenvalue weighted by Crippen LogP contribution is 2.47. The summed E-state index contributed by atoms with van der Waals surface area (Å²) in [4.78, 5) is 29.9. The molecule has 1 aliphatic carbocycles. The van der Waals surface area contributed by atoms with Gasteiger partial charge in [0.15, 0.2) is 5.78 Å². The van der Waals surface area contributed by atoms with E-state index in [9.17, 15) is 9.59 Å². The predicted octanol–water partition coefficient (Wildman–Crippen LogP) is 6.90. The van der Waals surface area contributed by atoms with Crippen molar-refractivity contribution in [3.05, 3.63) is 143 Å². The van der Waals surface area contributed by atoms with Crippen LogP contribution in [0.1, 0.15) is 46.3 Å². The largest absolute Gasteiger partial charge is 0.357 e. The number of anilines is 2. The maximum Gasteiger partial charge on any atom is 0.259 e. The Labute approximate surface area is 210 Å². The highest BCUT2D eigenvalue weighted by molar-refractivity contribution is 6.12. The standard InChI is InChI=1S/C32H26N2O2/c35-29-21-25(22-12-4-1-5-13-22)20-27-30(29)31(23-14-6-2-7-15-23)34(28-19-11-10-18-26(28)33-27)32(36)24-16-8-3-9-17-24/h1-19,25,31,33H,20-21H2/t25-,31+/m1/s1. The van der Waals surface area contributed by atoms with Crippen molar-refractivity contribution in [2.75, 3.05) is 10.2 Å². The Morgan fingerprint density at radius 1 is 0.694 bits per heavy atom. The van der Waals surface area contributed by atoms with Crippen LogP contribution < -0.4 is 10.2 Å². The Morgan fingerprint density at radius 2 is 1.28 bits per heavy atom. The van der Waals surface area contributed by atoms with E-state index < -0.39 is 6.04 Å². The summed E-state index contributed by atoms with van der Waals surface area (Å²) in [6, 6.07) is 36.7. The highest BCUT2D eigenvalue weighted by atomic mass is 16.2. The Balaban J connectivity index is 1.56.